The fourth-order valence-corrected chi connectivity index (χ4v) is 3.10. The van der Waals surface area contributed by atoms with Crippen LogP contribution in [-0.2, 0) is 4.79 Å². The lowest BCUT2D eigenvalue weighted by Crippen LogP contribution is -2.35. The molecule has 23 heavy (non-hydrogen) atoms. The van der Waals surface area contributed by atoms with Crippen molar-refractivity contribution in [2.75, 3.05) is 6.54 Å². The van der Waals surface area contributed by atoms with Crippen LogP contribution in [0, 0.1) is 0 Å². The summed E-state index contributed by atoms with van der Waals surface area (Å²) in [5, 5.41) is 2.47. The predicted molar refractivity (Wildman–Crippen MR) is 97.8 cm³/mol. The van der Waals surface area contributed by atoms with Gasteiger partial charge in [-0.3, -0.25) is 4.79 Å². The van der Waals surface area contributed by atoms with E-state index in [0.29, 0.717) is 19.0 Å². The van der Waals surface area contributed by atoms with E-state index in [1.165, 1.54) is 16.3 Å². The molecule has 0 spiro atoms. The quantitative estimate of drug-likeness (QED) is 0.867. The Kier molecular flexibility index (Phi) is 6.03. The second-order valence-corrected chi connectivity index (χ2v) is 6.21. The maximum absolute atomic E-state index is 12.5. The van der Waals surface area contributed by atoms with E-state index in [9.17, 15) is 4.79 Å². The fraction of sp³-hybridized carbons (Fsp3) is 0.421. The zero-order valence-corrected chi connectivity index (χ0v) is 14.4. The third-order valence-corrected chi connectivity index (χ3v) is 4.50. The van der Waals surface area contributed by atoms with Crippen LogP contribution in [-0.4, -0.2) is 23.4 Å². The van der Waals surface area contributed by atoms with Crippen molar-refractivity contribution in [1.29, 1.82) is 0 Å². The summed E-state index contributed by atoms with van der Waals surface area (Å²) in [4.78, 5) is 14.6. The summed E-state index contributed by atoms with van der Waals surface area (Å²) in [6.07, 6.45) is 3.59. The molecule has 1 amide bonds. The average molecular weight is 333 g/mol. The second-order valence-electron chi connectivity index (χ2n) is 6.21. The Morgan fingerprint density at radius 3 is 2.57 bits per heavy atom. The normalized spacial score (nSPS) is 15.0. The number of nitrogens with zero attached hydrogens (tertiary/aromatic N) is 1. The van der Waals surface area contributed by atoms with E-state index in [2.05, 4.69) is 54.3 Å². The molecule has 4 heteroatoms. The minimum atomic E-state index is 0. The number of fused-ring (bicyclic) bond motifs is 1. The van der Waals surface area contributed by atoms with Gasteiger partial charge in [-0.05, 0) is 55.1 Å². The number of carbonyl (C=O) groups excluding carboxylic acids is 1. The van der Waals surface area contributed by atoms with Crippen LogP contribution in [0.25, 0.3) is 10.8 Å². The van der Waals surface area contributed by atoms with E-state index in [4.69, 9.17) is 5.73 Å². The van der Waals surface area contributed by atoms with Crippen LogP contribution in [0.1, 0.15) is 44.2 Å². The molecule has 3 rings (SSSR count). The Morgan fingerprint density at radius 1 is 1.22 bits per heavy atom. The van der Waals surface area contributed by atoms with Gasteiger partial charge < -0.3 is 10.6 Å². The van der Waals surface area contributed by atoms with Crippen LogP contribution in [0.15, 0.2) is 42.5 Å². The first-order valence-electron chi connectivity index (χ1n) is 8.20. The number of nitrogens with two attached hydrogens (primary N) is 1. The smallest absolute Gasteiger partial charge is 0.223 e. The summed E-state index contributed by atoms with van der Waals surface area (Å²) in [5.74, 6) is 0.244. The van der Waals surface area contributed by atoms with Gasteiger partial charge in [0.1, 0.15) is 0 Å². The van der Waals surface area contributed by atoms with Crippen molar-refractivity contribution in [3.8, 4) is 0 Å². The summed E-state index contributed by atoms with van der Waals surface area (Å²) < 4.78 is 0. The van der Waals surface area contributed by atoms with Crippen molar-refractivity contribution in [3.63, 3.8) is 0 Å². The van der Waals surface area contributed by atoms with E-state index in [0.717, 1.165) is 19.3 Å². The van der Waals surface area contributed by atoms with Crippen LogP contribution in [0.5, 0.6) is 0 Å². The molecule has 0 saturated heterocycles. The molecule has 2 aromatic carbocycles. The molecule has 1 fully saturated rings. The summed E-state index contributed by atoms with van der Waals surface area (Å²) >= 11 is 0. The maximum atomic E-state index is 12.5. The first-order chi connectivity index (χ1) is 10.7. The third-order valence-electron chi connectivity index (χ3n) is 4.50. The number of rotatable bonds is 6. The largest absolute Gasteiger partial charge is 0.333 e. The van der Waals surface area contributed by atoms with Crippen LogP contribution in [0.4, 0.5) is 0 Å². The first-order valence-corrected chi connectivity index (χ1v) is 8.20. The van der Waals surface area contributed by atoms with E-state index >= 15 is 0 Å². The van der Waals surface area contributed by atoms with E-state index < -0.39 is 0 Å². The zero-order valence-electron chi connectivity index (χ0n) is 13.6. The molecule has 0 aliphatic heterocycles. The Balaban J connectivity index is 0.00000192. The summed E-state index contributed by atoms with van der Waals surface area (Å²) in [6, 6.07) is 15.4. The molecule has 0 bridgehead atoms. The molecule has 2 N–H and O–H groups in total. The fourth-order valence-electron chi connectivity index (χ4n) is 3.10. The SMILES string of the molecule is CC(c1ccc2ccccc2c1)N(C(=O)CCCN)C1CC1.Cl. The van der Waals surface area contributed by atoms with Gasteiger partial charge in [0.2, 0.25) is 5.91 Å². The lowest BCUT2D eigenvalue weighted by atomic mass is 10.0. The van der Waals surface area contributed by atoms with Crippen molar-refractivity contribution in [1.82, 2.24) is 4.90 Å². The second kappa shape index (κ2) is 7.80. The summed E-state index contributed by atoms with van der Waals surface area (Å²) in [7, 11) is 0. The topological polar surface area (TPSA) is 46.3 Å². The van der Waals surface area contributed by atoms with Crippen molar-refractivity contribution in [2.24, 2.45) is 5.73 Å². The highest BCUT2D eigenvalue weighted by atomic mass is 35.5. The highest BCUT2D eigenvalue weighted by Crippen LogP contribution is 2.35. The molecule has 1 aliphatic carbocycles. The van der Waals surface area contributed by atoms with Crippen molar-refractivity contribution >= 4 is 29.1 Å². The number of hydrogen-bond donors (Lipinski definition) is 1. The highest BCUT2D eigenvalue weighted by molar-refractivity contribution is 5.85. The molecule has 1 unspecified atom stereocenters. The number of carbonyl (C=O) groups is 1. The van der Waals surface area contributed by atoms with E-state index in [-0.39, 0.29) is 24.4 Å². The molecule has 1 aliphatic rings. The number of hydrogen-bond acceptors (Lipinski definition) is 2. The lowest BCUT2D eigenvalue weighted by molar-refractivity contribution is -0.134. The highest BCUT2D eigenvalue weighted by Gasteiger charge is 2.35. The van der Waals surface area contributed by atoms with Crippen LogP contribution < -0.4 is 5.73 Å². The molecule has 0 heterocycles. The van der Waals surface area contributed by atoms with Gasteiger partial charge in [0, 0.05) is 12.5 Å². The monoisotopic (exact) mass is 332 g/mol. The van der Waals surface area contributed by atoms with Gasteiger partial charge in [0.25, 0.3) is 0 Å². The van der Waals surface area contributed by atoms with Gasteiger partial charge >= 0.3 is 0 Å². The molecule has 0 radical (unpaired) electrons. The third kappa shape index (κ3) is 4.04. The van der Waals surface area contributed by atoms with Crippen LogP contribution in [0.3, 0.4) is 0 Å². The van der Waals surface area contributed by atoms with Crippen LogP contribution >= 0.6 is 12.4 Å². The molecule has 3 nitrogen and oxygen atoms in total. The zero-order chi connectivity index (χ0) is 15.5. The molecular weight excluding hydrogens is 308 g/mol. The Morgan fingerprint density at radius 2 is 1.91 bits per heavy atom. The Bertz CT molecular complexity index is 669. The van der Waals surface area contributed by atoms with Gasteiger partial charge in [0.05, 0.1) is 6.04 Å². The predicted octanol–water partition coefficient (Wildman–Crippen LogP) is 4.05. The van der Waals surface area contributed by atoms with Crippen molar-refractivity contribution in [2.45, 2.75) is 44.7 Å². The van der Waals surface area contributed by atoms with Gasteiger partial charge in [-0.25, -0.2) is 0 Å². The number of benzene rings is 2. The van der Waals surface area contributed by atoms with Gasteiger partial charge in [-0.1, -0.05) is 36.4 Å². The van der Waals surface area contributed by atoms with Crippen LogP contribution in [0.2, 0.25) is 0 Å². The van der Waals surface area contributed by atoms with E-state index in [1.54, 1.807) is 0 Å². The molecule has 124 valence electrons. The van der Waals surface area contributed by atoms with Gasteiger partial charge in [0.15, 0.2) is 0 Å². The van der Waals surface area contributed by atoms with Crippen molar-refractivity contribution < 1.29 is 4.79 Å². The molecule has 2 aromatic rings. The Hall–Kier alpha value is -1.58. The van der Waals surface area contributed by atoms with Crippen molar-refractivity contribution in [3.05, 3.63) is 48.0 Å². The Labute approximate surface area is 144 Å². The number of halogens is 1. The minimum absolute atomic E-state index is 0. The molecular formula is C19H25ClN2O. The van der Waals surface area contributed by atoms with Gasteiger partial charge in [-0.2, -0.15) is 0 Å². The standard InChI is InChI=1S/C19H24N2O.ClH/c1-14(21(18-10-11-18)19(22)7-4-12-20)16-9-8-15-5-2-3-6-17(15)13-16;/h2-3,5-6,8-9,13-14,18H,4,7,10-12,20H2,1H3;1H. The lowest BCUT2D eigenvalue weighted by Gasteiger charge is -2.30. The van der Waals surface area contributed by atoms with E-state index in [1.807, 2.05) is 0 Å². The summed E-state index contributed by atoms with van der Waals surface area (Å²) in [6.45, 7) is 2.72. The number of amides is 1. The average Bonchev–Trinajstić information content (AvgIpc) is 3.37. The first kappa shape index (κ1) is 17.8. The molecule has 1 saturated carbocycles. The molecule has 1 atom stereocenters. The van der Waals surface area contributed by atoms with Gasteiger partial charge in [-0.15, -0.1) is 12.4 Å². The molecule has 0 aromatic heterocycles. The minimum Gasteiger partial charge on any atom is -0.333 e. The maximum Gasteiger partial charge on any atom is 0.223 e. The summed E-state index contributed by atoms with van der Waals surface area (Å²) in [5.41, 5.74) is 6.76.